The number of aromatic amines is 1. The molecule has 1 saturated heterocycles. The normalized spacial score (nSPS) is 22.9. The van der Waals surface area contributed by atoms with E-state index in [1.807, 2.05) is 13.8 Å². The number of nitrogens with zero attached hydrogens (tertiary/aromatic N) is 1. The molecular weight excluding hydrogens is 280 g/mol. The molecule has 0 saturated carbocycles. The highest BCUT2D eigenvalue weighted by Crippen LogP contribution is 2.33. The Bertz CT molecular complexity index is 555. The molecule has 2 rings (SSSR count). The second kappa shape index (κ2) is 7.40. The van der Waals surface area contributed by atoms with Gasteiger partial charge in [0.25, 0.3) is 0 Å². The zero-order chi connectivity index (χ0) is 16.2. The maximum atomic E-state index is 12.1. The predicted octanol–water partition coefficient (Wildman–Crippen LogP) is 1.60. The number of pyridine rings is 1. The average Bonchev–Trinajstić information content (AvgIpc) is 2.54. The molecule has 2 N–H and O–H groups in total. The van der Waals surface area contributed by atoms with Crippen molar-refractivity contribution in [2.75, 3.05) is 33.4 Å². The highest BCUT2D eigenvalue weighted by molar-refractivity contribution is 5.23. The van der Waals surface area contributed by atoms with Crippen molar-refractivity contribution >= 4 is 0 Å². The Kier molecular flexibility index (Phi) is 5.78. The standard InChI is InChI=1S/C17H28N2O3/c1-13-9-18-15(14(2)16(13)21)10-19-7-4-5-17(11-19,12-20)6-8-22-3/h9,20H,4-8,10-12H2,1-3H3,(H,18,21)/t17-/m1/s1. The van der Waals surface area contributed by atoms with Gasteiger partial charge in [-0.3, -0.25) is 9.69 Å². The second-order valence-corrected chi connectivity index (χ2v) is 6.62. The van der Waals surface area contributed by atoms with E-state index in [1.165, 1.54) is 0 Å². The molecule has 5 heteroatoms. The molecule has 0 bridgehead atoms. The van der Waals surface area contributed by atoms with Gasteiger partial charge >= 0.3 is 0 Å². The number of likely N-dealkylation sites (tertiary alicyclic amines) is 1. The molecular formula is C17H28N2O3. The van der Waals surface area contributed by atoms with Gasteiger partial charge in [-0.1, -0.05) is 0 Å². The van der Waals surface area contributed by atoms with Crippen LogP contribution in [0.2, 0.25) is 0 Å². The highest BCUT2D eigenvalue weighted by atomic mass is 16.5. The van der Waals surface area contributed by atoms with Crippen LogP contribution in [0.1, 0.15) is 36.1 Å². The van der Waals surface area contributed by atoms with Crippen molar-refractivity contribution in [3.8, 4) is 0 Å². The van der Waals surface area contributed by atoms with Gasteiger partial charge in [0.1, 0.15) is 0 Å². The van der Waals surface area contributed by atoms with Crippen molar-refractivity contribution in [1.82, 2.24) is 9.88 Å². The van der Waals surface area contributed by atoms with Crippen LogP contribution < -0.4 is 5.43 Å². The zero-order valence-corrected chi connectivity index (χ0v) is 13.9. The van der Waals surface area contributed by atoms with Crippen LogP contribution in [0, 0.1) is 19.3 Å². The third kappa shape index (κ3) is 3.77. The van der Waals surface area contributed by atoms with Crippen LogP contribution in [0.5, 0.6) is 0 Å². The van der Waals surface area contributed by atoms with Crippen LogP contribution in [-0.4, -0.2) is 48.4 Å². The van der Waals surface area contributed by atoms with Gasteiger partial charge in [-0.25, -0.2) is 0 Å². The van der Waals surface area contributed by atoms with Crippen molar-refractivity contribution in [3.63, 3.8) is 0 Å². The monoisotopic (exact) mass is 308 g/mol. The number of ether oxygens (including phenoxy) is 1. The third-order valence-corrected chi connectivity index (χ3v) is 4.91. The van der Waals surface area contributed by atoms with Gasteiger partial charge < -0.3 is 14.8 Å². The van der Waals surface area contributed by atoms with Crippen LogP contribution in [0.25, 0.3) is 0 Å². The largest absolute Gasteiger partial charge is 0.396 e. The number of aryl methyl sites for hydroxylation is 1. The molecule has 1 aliphatic heterocycles. The lowest BCUT2D eigenvalue weighted by Crippen LogP contribution is -2.45. The SMILES string of the molecule is COCC[C@]1(CO)CCCN(Cc2[nH]cc(C)c(=O)c2C)C1. The van der Waals surface area contributed by atoms with E-state index in [1.54, 1.807) is 13.3 Å². The lowest BCUT2D eigenvalue weighted by molar-refractivity contribution is 0.00431. The molecule has 0 aromatic carbocycles. The fourth-order valence-electron chi connectivity index (χ4n) is 3.37. The smallest absolute Gasteiger partial charge is 0.187 e. The summed E-state index contributed by atoms with van der Waals surface area (Å²) < 4.78 is 5.20. The number of piperidine rings is 1. The van der Waals surface area contributed by atoms with E-state index in [-0.39, 0.29) is 17.5 Å². The summed E-state index contributed by atoms with van der Waals surface area (Å²) in [7, 11) is 1.70. The van der Waals surface area contributed by atoms with Crippen molar-refractivity contribution in [1.29, 1.82) is 0 Å². The molecule has 0 radical (unpaired) electrons. The van der Waals surface area contributed by atoms with Gasteiger partial charge in [-0.15, -0.1) is 0 Å². The molecule has 22 heavy (non-hydrogen) atoms. The molecule has 0 amide bonds. The van der Waals surface area contributed by atoms with Crippen LogP contribution in [-0.2, 0) is 11.3 Å². The van der Waals surface area contributed by atoms with E-state index in [9.17, 15) is 9.90 Å². The van der Waals surface area contributed by atoms with Gasteiger partial charge in [0.05, 0.1) is 6.61 Å². The van der Waals surface area contributed by atoms with E-state index >= 15 is 0 Å². The minimum atomic E-state index is -0.0762. The topological polar surface area (TPSA) is 65.6 Å². The lowest BCUT2D eigenvalue weighted by atomic mass is 9.78. The van der Waals surface area contributed by atoms with Gasteiger partial charge in [0.2, 0.25) is 0 Å². The first-order chi connectivity index (χ1) is 10.5. The number of hydrogen-bond acceptors (Lipinski definition) is 4. The minimum Gasteiger partial charge on any atom is -0.396 e. The number of hydrogen-bond donors (Lipinski definition) is 2. The number of rotatable bonds is 6. The van der Waals surface area contributed by atoms with Crippen LogP contribution in [0.15, 0.2) is 11.0 Å². The fraction of sp³-hybridized carbons (Fsp3) is 0.706. The minimum absolute atomic E-state index is 0.0762. The Morgan fingerprint density at radius 2 is 2.23 bits per heavy atom. The first-order valence-electron chi connectivity index (χ1n) is 8.01. The van der Waals surface area contributed by atoms with Crippen molar-refractivity contribution in [2.24, 2.45) is 5.41 Å². The molecule has 0 spiro atoms. The van der Waals surface area contributed by atoms with E-state index < -0.39 is 0 Å². The van der Waals surface area contributed by atoms with Crippen LogP contribution >= 0.6 is 0 Å². The Balaban J connectivity index is 2.10. The zero-order valence-electron chi connectivity index (χ0n) is 13.9. The number of methoxy groups -OCH3 is 1. The molecule has 2 heterocycles. The molecule has 1 aliphatic rings. The molecule has 1 aromatic heterocycles. The average molecular weight is 308 g/mol. The van der Waals surface area contributed by atoms with Crippen molar-refractivity contribution < 1.29 is 9.84 Å². The summed E-state index contributed by atoms with van der Waals surface area (Å²) in [4.78, 5) is 17.6. The molecule has 1 atom stereocenters. The fourth-order valence-corrected chi connectivity index (χ4v) is 3.37. The van der Waals surface area contributed by atoms with Gasteiger partial charge in [-0.2, -0.15) is 0 Å². The highest BCUT2D eigenvalue weighted by Gasteiger charge is 2.34. The first kappa shape index (κ1) is 17.2. The van der Waals surface area contributed by atoms with Gasteiger partial charge in [-0.05, 0) is 39.7 Å². The van der Waals surface area contributed by atoms with E-state index in [4.69, 9.17) is 4.74 Å². The van der Waals surface area contributed by atoms with Crippen molar-refractivity contribution in [2.45, 2.75) is 39.7 Å². The third-order valence-electron chi connectivity index (χ3n) is 4.91. The van der Waals surface area contributed by atoms with Gasteiger partial charge in [0.15, 0.2) is 5.43 Å². The van der Waals surface area contributed by atoms with Crippen LogP contribution in [0.3, 0.4) is 0 Å². The molecule has 1 aromatic rings. The summed E-state index contributed by atoms with van der Waals surface area (Å²) in [5.74, 6) is 0. The number of H-pyrrole nitrogens is 1. The number of aliphatic hydroxyl groups excluding tert-OH is 1. The summed E-state index contributed by atoms with van der Waals surface area (Å²) in [5, 5.41) is 9.85. The summed E-state index contributed by atoms with van der Waals surface area (Å²) in [6.45, 7) is 7.17. The molecule has 0 aliphatic carbocycles. The summed E-state index contributed by atoms with van der Waals surface area (Å²) in [5.41, 5.74) is 2.59. The number of nitrogens with one attached hydrogen (secondary N) is 1. The number of aromatic nitrogens is 1. The molecule has 0 unspecified atom stereocenters. The van der Waals surface area contributed by atoms with E-state index in [0.29, 0.717) is 6.61 Å². The Morgan fingerprint density at radius 1 is 1.45 bits per heavy atom. The molecule has 124 valence electrons. The summed E-state index contributed by atoms with van der Waals surface area (Å²) in [6.07, 6.45) is 4.77. The Morgan fingerprint density at radius 3 is 2.91 bits per heavy atom. The summed E-state index contributed by atoms with van der Waals surface area (Å²) in [6, 6.07) is 0. The van der Waals surface area contributed by atoms with Crippen LogP contribution in [0.4, 0.5) is 0 Å². The molecule has 5 nitrogen and oxygen atoms in total. The maximum Gasteiger partial charge on any atom is 0.187 e. The molecule has 1 fully saturated rings. The van der Waals surface area contributed by atoms with E-state index in [2.05, 4.69) is 9.88 Å². The quantitative estimate of drug-likeness (QED) is 0.838. The predicted molar refractivity (Wildman–Crippen MR) is 87.1 cm³/mol. The van der Waals surface area contributed by atoms with Crippen molar-refractivity contribution in [3.05, 3.63) is 33.2 Å². The van der Waals surface area contributed by atoms with E-state index in [0.717, 1.165) is 55.7 Å². The maximum absolute atomic E-state index is 12.1. The Labute approximate surface area is 132 Å². The Hall–Kier alpha value is -1.17. The first-order valence-corrected chi connectivity index (χ1v) is 8.01. The number of aliphatic hydroxyl groups is 1. The van der Waals surface area contributed by atoms with Gasteiger partial charge in [0, 0.05) is 55.2 Å². The summed E-state index contributed by atoms with van der Waals surface area (Å²) >= 11 is 0. The lowest BCUT2D eigenvalue weighted by Gasteiger charge is -2.42. The second-order valence-electron chi connectivity index (χ2n) is 6.62.